The van der Waals surface area contributed by atoms with Crippen LogP contribution in [0.5, 0.6) is 5.75 Å². The van der Waals surface area contributed by atoms with E-state index in [1.54, 1.807) is 36.5 Å². The van der Waals surface area contributed by atoms with Crippen molar-refractivity contribution in [2.75, 3.05) is 17.7 Å². The lowest BCUT2D eigenvalue weighted by atomic mass is 10.1. The Labute approximate surface area is 166 Å². The van der Waals surface area contributed by atoms with Gasteiger partial charge in [-0.25, -0.2) is 4.79 Å². The first kappa shape index (κ1) is 19.6. The first-order valence-corrected chi connectivity index (χ1v) is 8.53. The number of phenols is 1. The molecule has 29 heavy (non-hydrogen) atoms. The Hall–Kier alpha value is -4.20. The van der Waals surface area contributed by atoms with E-state index in [1.807, 2.05) is 0 Å². The van der Waals surface area contributed by atoms with Gasteiger partial charge in [-0.3, -0.25) is 14.6 Å². The third kappa shape index (κ3) is 4.38. The molecule has 2 aromatic carbocycles. The van der Waals surface area contributed by atoms with Gasteiger partial charge in [0.05, 0.1) is 35.2 Å². The number of hydrogen-bond donors (Lipinski definition) is 3. The van der Waals surface area contributed by atoms with Crippen LogP contribution in [0.15, 0.2) is 67.0 Å². The van der Waals surface area contributed by atoms with Crippen molar-refractivity contribution >= 4 is 29.2 Å². The highest BCUT2D eigenvalue weighted by atomic mass is 16.5. The van der Waals surface area contributed by atoms with Crippen LogP contribution >= 0.6 is 0 Å². The van der Waals surface area contributed by atoms with Crippen LogP contribution in [0.1, 0.15) is 31.1 Å². The minimum absolute atomic E-state index is 0.00210. The number of ether oxygens (including phenoxy) is 1. The molecule has 0 bridgehead atoms. The van der Waals surface area contributed by atoms with Gasteiger partial charge in [0.15, 0.2) is 0 Å². The Kier molecular flexibility index (Phi) is 5.84. The number of para-hydroxylation sites is 2. The van der Waals surface area contributed by atoms with E-state index in [9.17, 15) is 19.5 Å². The number of carbonyl (C=O) groups is 3. The predicted molar refractivity (Wildman–Crippen MR) is 106 cm³/mol. The molecule has 3 aromatic rings. The van der Waals surface area contributed by atoms with Gasteiger partial charge in [0.25, 0.3) is 11.8 Å². The van der Waals surface area contributed by atoms with Crippen molar-refractivity contribution in [3.8, 4) is 5.75 Å². The Morgan fingerprint density at radius 3 is 2.38 bits per heavy atom. The van der Waals surface area contributed by atoms with Crippen LogP contribution in [0.2, 0.25) is 0 Å². The highest BCUT2D eigenvalue weighted by Gasteiger charge is 2.20. The molecule has 3 N–H and O–H groups in total. The average Bonchev–Trinajstić information content (AvgIpc) is 2.75. The summed E-state index contributed by atoms with van der Waals surface area (Å²) in [6, 6.07) is 13.8. The van der Waals surface area contributed by atoms with E-state index >= 15 is 0 Å². The molecule has 0 aliphatic carbocycles. The molecule has 8 nitrogen and oxygen atoms in total. The van der Waals surface area contributed by atoms with Crippen molar-refractivity contribution in [3.63, 3.8) is 0 Å². The molecule has 0 aliphatic rings. The van der Waals surface area contributed by atoms with E-state index in [-0.39, 0.29) is 28.3 Å². The molecule has 0 spiro atoms. The molecule has 1 heterocycles. The second kappa shape index (κ2) is 8.66. The fourth-order valence-corrected chi connectivity index (χ4v) is 2.61. The minimum Gasteiger partial charge on any atom is -0.506 e. The number of phenolic OH excluding ortho intramolecular Hbond substituents is 1. The van der Waals surface area contributed by atoms with Crippen LogP contribution in [-0.2, 0) is 4.74 Å². The molecular weight excluding hydrogens is 374 g/mol. The molecule has 1 aromatic heterocycles. The summed E-state index contributed by atoms with van der Waals surface area (Å²) in [6.07, 6.45) is 2.95. The lowest BCUT2D eigenvalue weighted by Gasteiger charge is -2.14. The normalized spacial score (nSPS) is 10.1. The molecule has 2 amide bonds. The van der Waals surface area contributed by atoms with Gasteiger partial charge < -0.3 is 20.5 Å². The summed E-state index contributed by atoms with van der Waals surface area (Å²) in [4.78, 5) is 41.0. The maximum atomic E-state index is 12.8. The highest BCUT2D eigenvalue weighted by molar-refractivity contribution is 6.14. The third-order valence-corrected chi connectivity index (χ3v) is 4.03. The molecule has 0 saturated heterocycles. The fraction of sp³-hybridized carbons (Fsp3) is 0.0476. The number of esters is 1. The summed E-state index contributed by atoms with van der Waals surface area (Å²) in [5, 5.41) is 15.3. The molecule has 146 valence electrons. The SMILES string of the molecule is COC(=O)c1cccc(O)c1NC(=O)c1ccccc1NC(=O)c1cccnc1. The van der Waals surface area contributed by atoms with Crippen LogP contribution in [0.3, 0.4) is 0 Å². The number of nitrogens with zero attached hydrogens (tertiary/aromatic N) is 1. The smallest absolute Gasteiger partial charge is 0.340 e. The van der Waals surface area contributed by atoms with Gasteiger partial charge in [-0.05, 0) is 36.4 Å². The van der Waals surface area contributed by atoms with E-state index in [1.165, 1.54) is 37.6 Å². The fourth-order valence-electron chi connectivity index (χ4n) is 2.61. The number of nitrogens with one attached hydrogen (secondary N) is 2. The number of rotatable bonds is 5. The quantitative estimate of drug-likeness (QED) is 0.454. The Balaban J connectivity index is 1.88. The Morgan fingerprint density at radius 2 is 1.66 bits per heavy atom. The first-order valence-electron chi connectivity index (χ1n) is 8.53. The van der Waals surface area contributed by atoms with Gasteiger partial charge in [0.1, 0.15) is 5.75 Å². The number of anilines is 2. The molecule has 0 aliphatic heterocycles. The van der Waals surface area contributed by atoms with Crippen molar-refractivity contribution in [2.45, 2.75) is 0 Å². The Morgan fingerprint density at radius 1 is 0.897 bits per heavy atom. The molecule has 0 fully saturated rings. The molecule has 0 atom stereocenters. The van der Waals surface area contributed by atoms with E-state index in [4.69, 9.17) is 0 Å². The van der Waals surface area contributed by atoms with Gasteiger partial charge in [-0.15, -0.1) is 0 Å². The van der Waals surface area contributed by atoms with Crippen molar-refractivity contribution in [2.24, 2.45) is 0 Å². The van der Waals surface area contributed by atoms with Crippen molar-refractivity contribution in [3.05, 3.63) is 83.7 Å². The lowest BCUT2D eigenvalue weighted by Crippen LogP contribution is -2.19. The number of amides is 2. The predicted octanol–water partition coefficient (Wildman–Crippen LogP) is 3.08. The maximum absolute atomic E-state index is 12.8. The molecule has 0 saturated carbocycles. The second-order valence-electron chi connectivity index (χ2n) is 5.89. The van der Waals surface area contributed by atoms with E-state index < -0.39 is 17.8 Å². The number of carbonyl (C=O) groups excluding carboxylic acids is 3. The van der Waals surface area contributed by atoms with Gasteiger partial charge >= 0.3 is 5.97 Å². The van der Waals surface area contributed by atoms with Crippen LogP contribution in [-0.4, -0.2) is 35.0 Å². The zero-order chi connectivity index (χ0) is 20.8. The van der Waals surface area contributed by atoms with Crippen molar-refractivity contribution in [1.82, 2.24) is 4.98 Å². The number of benzene rings is 2. The third-order valence-electron chi connectivity index (χ3n) is 4.03. The van der Waals surface area contributed by atoms with Crippen molar-refractivity contribution < 1.29 is 24.2 Å². The number of hydrogen-bond acceptors (Lipinski definition) is 6. The lowest BCUT2D eigenvalue weighted by molar-refractivity contribution is 0.0601. The van der Waals surface area contributed by atoms with Crippen LogP contribution in [0, 0.1) is 0 Å². The van der Waals surface area contributed by atoms with E-state index in [2.05, 4.69) is 20.4 Å². The number of aromatic hydroxyl groups is 1. The zero-order valence-electron chi connectivity index (χ0n) is 15.4. The summed E-state index contributed by atoms with van der Waals surface area (Å²) in [5.41, 5.74) is 0.643. The number of methoxy groups -OCH3 is 1. The van der Waals surface area contributed by atoms with Gasteiger partial charge in [-0.1, -0.05) is 18.2 Å². The van der Waals surface area contributed by atoms with Gasteiger partial charge in [-0.2, -0.15) is 0 Å². The molecule has 3 rings (SSSR count). The maximum Gasteiger partial charge on any atom is 0.340 e. The molecular formula is C21H17N3O5. The molecule has 8 heteroatoms. The standard InChI is InChI=1S/C21H17N3O5/c1-29-21(28)15-8-4-10-17(25)18(15)24-20(27)14-7-2-3-9-16(14)23-19(26)13-6-5-11-22-12-13/h2-12,25H,1H3,(H,23,26)(H,24,27). The van der Waals surface area contributed by atoms with Crippen LogP contribution < -0.4 is 10.6 Å². The zero-order valence-corrected chi connectivity index (χ0v) is 15.4. The van der Waals surface area contributed by atoms with Gasteiger partial charge in [0.2, 0.25) is 0 Å². The summed E-state index contributed by atoms with van der Waals surface area (Å²) in [7, 11) is 1.20. The van der Waals surface area contributed by atoms with E-state index in [0.717, 1.165) is 0 Å². The monoisotopic (exact) mass is 391 g/mol. The number of pyridine rings is 1. The average molecular weight is 391 g/mol. The summed E-state index contributed by atoms with van der Waals surface area (Å²) in [5.74, 6) is -2.07. The summed E-state index contributed by atoms with van der Waals surface area (Å²) < 4.78 is 4.68. The first-order chi connectivity index (χ1) is 14.0. The van der Waals surface area contributed by atoms with E-state index in [0.29, 0.717) is 5.56 Å². The van der Waals surface area contributed by atoms with Crippen LogP contribution in [0.4, 0.5) is 11.4 Å². The van der Waals surface area contributed by atoms with Crippen LogP contribution in [0.25, 0.3) is 0 Å². The topological polar surface area (TPSA) is 118 Å². The molecule has 0 unspecified atom stereocenters. The second-order valence-corrected chi connectivity index (χ2v) is 5.89. The Bertz CT molecular complexity index is 1070. The summed E-state index contributed by atoms with van der Waals surface area (Å²) >= 11 is 0. The van der Waals surface area contributed by atoms with Crippen molar-refractivity contribution in [1.29, 1.82) is 0 Å². The summed E-state index contributed by atoms with van der Waals surface area (Å²) in [6.45, 7) is 0. The van der Waals surface area contributed by atoms with Gasteiger partial charge in [0, 0.05) is 12.4 Å². The minimum atomic E-state index is -0.714. The highest BCUT2D eigenvalue weighted by Crippen LogP contribution is 2.29. The number of aromatic nitrogens is 1. The molecule has 0 radical (unpaired) electrons. The largest absolute Gasteiger partial charge is 0.506 e.